The van der Waals surface area contributed by atoms with Crippen LogP contribution in [0, 0.1) is 5.82 Å². The summed E-state index contributed by atoms with van der Waals surface area (Å²) in [5.41, 5.74) is 0. The highest BCUT2D eigenvalue weighted by Crippen LogP contribution is 2.24. The molecule has 0 saturated carbocycles. The van der Waals surface area contributed by atoms with Gasteiger partial charge < -0.3 is 4.74 Å². The molecule has 0 fully saturated rings. The van der Waals surface area contributed by atoms with Crippen LogP contribution in [0.1, 0.15) is 0 Å². The maximum absolute atomic E-state index is 13.1. The SMILES string of the molecule is Fc1ccc(Oc2nc(Cl)nc(-n3cccn3)n2)cc1Cl. The Bertz CT molecular complexity index is 781. The van der Waals surface area contributed by atoms with Crippen molar-refractivity contribution in [2.75, 3.05) is 0 Å². The molecule has 0 aliphatic rings. The summed E-state index contributed by atoms with van der Waals surface area (Å²) in [6, 6.07) is 5.53. The lowest BCUT2D eigenvalue weighted by atomic mass is 10.3. The van der Waals surface area contributed by atoms with Gasteiger partial charge in [-0.05, 0) is 29.8 Å². The van der Waals surface area contributed by atoms with E-state index in [-0.39, 0.29) is 28.0 Å². The lowest BCUT2D eigenvalue weighted by Gasteiger charge is -2.06. The number of benzene rings is 1. The van der Waals surface area contributed by atoms with Crippen LogP contribution in [-0.4, -0.2) is 24.7 Å². The monoisotopic (exact) mass is 325 g/mol. The van der Waals surface area contributed by atoms with Gasteiger partial charge in [-0.25, -0.2) is 9.07 Å². The summed E-state index contributed by atoms with van der Waals surface area (Å²) in [4.78, 5) is 11.8. The molecule has 2 aromatic heterocycles. The van der Waals surface area contributed by atoms with Crippen LogP contribution in [0.15, 0.2) is 36.7 Å². The van der Waals surface area contributed by atoms with Crippen LogP contribution >= 0.6 is 23.2 Å². The van der Waals surface area contributed by atoms with E-state index in [1.165, 1.54) is 22.9 Å². The van der Waals surface area contributed by atoms with E-state index in [4.69, 9.17) is 27.9 Å². The Balaban J connectivity index is 1.93. The van der Waals surface area contributed by atoms with Crippen LogP contribution in [0.5, 0.6) is 11.8 Å². The van der Waals surface area contributed by atoms with Crippen LogP contribution < -0.4 is 4.74 Å². The number of hydrogen-bond donors (Lipinski definition) is 0. The number of rotatable bonds is 3. The van der Waals surface area contributed by atoms with Gasteiger partial charge in [0.15, 0.2) is 0 Å². The van der Waals surface area contributed by atoms with Gasteiger partial charge in [-0.3, -0.25) is 0 Å². The quantitative estimate of drug-likeness (QED) is 0.739. The average Bonchev–Trinajstić information content (AvgIpc) is 2.96. The lowest BCUT2D eigenvalue weighted by Crippen LogP contribution is -2.05. The molecule has 0 saturated heterocycles. The fourth-order valence-corrected chi connectivity index (χ4v) is 1.82. The Hall–Kier alpha value is -2.25. The molecular weight excluding hydrogens is 320 g/mol. The highest BCUT2D eigenvalue weighted by molar-refractivity contribution is 6.30. The van der Waals surface area contributed by atoms with Gasteiger partial charge in [0.05, 0.1) is 5.02 Å². The Morgan fingerprint density at radius 2 is 2.00 bits per heavy atom. The van der Waals surface area contributed by atoms with Gasteiger partial charge in [-0.15, -0.1) is 0 Å². The van der Waals surface area contributed by atoms with Gasteiger partial charge in [0, 0.05) is 18.5 Å². The molecule has 3 rings (SSSR count). The van der Waals surface area contributed by atoms with E-state index in [9.17, 15) is 4.39 Å². The van der Waals surface area contributed by atoms with Crippen LogP contribution in [0.2, 0.25) is 10.3 Å². The normalized spacial score (nSPS) is 10.6. The highest BCUT2D eigenvalue weighted by Gasteiger charge is 2.10. The Morgan fingerprint density at radius 3 is 2.71 bits per heavy atom. The van der Waals surface area contributed by atoms with Crippen molar-refractivity contribution >= 4 is 23.2 Å². The molecule has 3 aromatic rings. The molecule has 0 bridgehead atoms. The molecule has 0 radical (unpaired) electrons. The molecule has 6 nitrogen and oxygen atoms in total. The molecule has 106 valence electrons. The van der Waals surface area contributed by atoms with Crippen molar-refractivity contribution in [1.82, 2.24) is 24.7 Å². The smallest absolute Gasteiger partial charge is 0.328 e. The highest BCUT2D eigenvalue weighted by atomic mass is 35.5. The van der Waals surface area contributed by atoms with Gasteiger partial charge in [-0.1, -0.05) is 11.6 Å². The summed E-state index contributed by atoms with van der Waals surface area (Å²) < 4.78 is 19.9. The third-order valence-electron chi connectivity index (χ3n) is 2.39. The third kappa shape index (κ3) is 3.09. The van der Waals surface area contributed by atoms with Crippen molar-refractivity contribution in [3.8, 4) is 17.7 Å². The fraction of sp³-hybridized carbons (Fsp3) is 0. The molecule has 0 atom stereocenters. The maximum Gasteiger partial charge on any atom is 0.328 e. The minimum absolute atomic E-state index is 0.0526. The van der Waals surface area contributed by atoms with Crippen molar-refractivity contribution in [2.24, 2.45) is 0 Å². The van der Waals surface area contributed by atoms with Gasteiger partial charge in [0.25, 0.3) is 5.95 Å². The van der Waals surface area contributed by atoms with E-state index in [2.05, 4.69) is 20.1 Å². The predicted molar refractivity (Wildman–Crippen MR) is 73.4 cm³/mol. The first-order chi connectivity index (χ1) is 10.1. The molecule has 0 aliphatic carbocycles. The zero-order valence-corrected chi connectivity index (χ0v) is 11.8. The first-order valence-corrected chi connectivity index (χ1v) is 6.42. The summed E-state index contributed by atoms with van der Waals surface area (Å²) in [6.45, 7) is 0. The van der Waals surface area contributed by atoms with E-state index >= 15 is 0 Å². The zero-order chi connectivity index (χ0) is 14.8. The Labute approximate surface area is 128 Å². The van der Waals surface area contributed by atoms with Crippen LogP contribution in [0.3, 0.4) is 0 Å². The molecule has 9 heteroatoms. The lowest BCUT2D eigenvalue weighted by molar-refractivity contribution is 0.436. The van der Waals surface area contributed by atoms with E-state index in [0.717, 1.165) is 0 Å². The van der Waals surface area contributed by atoms with Gasteiger partial charge in [0.2, 0.25) is 5.28 Å². The molecule has 0 aliphatic heterocycles. The largest absolute Gasteiger partial charge is 0.424 e. The van der Waals surface area contributed by atoms with Gasteiger partial charge >= 0.3 is 6.01 Å². The van der Waals surface area contributed by atoms with E-state index in [1.807, 2.05) is 0 Å². The standard InChI is InChI=1S/C12H6Cl2FN5O/c13-8-6-7(2-3-9(8)15)21-12-18-10(14)17-11(19-12)20-5-1-4-16-20/h1-6H. The van der Waals surface area contributed by atoms with Crippen molar-refractivity contribution in [1.29, 1.82) is 0 Å². The second-order valence-electron chi connectivity index (χ2n) is 3.82. The first kappa shape index (κ1) is 13.7. The minimum atomic E-state index is -0.546. The number of ether oxygens (including phenoxy) is 1. The topological polar surface area (TPSA) is 65.7 Å². The first-order valence-electron chi connectivity index (χ1n) is 5.66. The number of nitrogens with zero attached hydrogens (tertiary/aromatic N) is 5. The summed E-state index contributed by atoms with van der Waals surface area (Å²) >= 11 is 11.5. The van der Waals surface area contributed by atoms with Crippen molar-refractivity contribution in [3.05, 3.63) is 52.8 Å². The molecule has 0 unspecified atom stereocenters. The van der Waals surface area contributed by atoms with E-state index in [1.54, 1.807) is 18.5 Å². The molecule has 0 N–H and O–H groups in total. The van der Waals surface area contributed by atoms with E-state index < -0.39 is 5.82 Å². The van der Waals surface area contributed by atoms with Crippen LogP contribution in [0.4, 0.5) is 4.39 Å². The maximum atomic E-state index is 13.1. The summed E-state index contributed by atoms with van der Waals surface area (Å²) in [7, 11) is 0. The van der Waals surface area contributed by atoms with E-state index in [0.29, 0.717) is 0 Å². The molecular formula is C12H6Cl2FN5O. The third-order valence-corrected chi connectivity index (χ3v) is 2.84. The number of halogens is 3. The van der Waals surface area contributed by atoms with Crippen molar-refractivity contribution in [3.63, 3.8) is 0 Å². The Kier molecular flexibility index (Phi) is 3.68. The van der Waals surface area contributed by atoms with Crippen LogP contribution in [-0.2, 0) is 0 Å². The minimum Gasteiger partial charge on any atom is -0.424 e. The number of hydrogen-bond acceptors (Lipinski definition) is 5. The predicted octanol–water partition coefficient (Wildman–Crippen LogP) is 3.30. The zero-order valence-electron chi connectivity index (χ0n) is 10.2. The fourth-order valence-electron chi connectivity index (χ4n) is 1.50. The molecule has 1 aromatic carbocycles. The van der Waals surface area contributed by atoms with Crippen LogP contribution in [0.25, 0.3) is 5.95 Å². The summed E-state index contributed by atoms with van der Waals surface area (Å²) in [5.74, 6) is -0.0757. The van der Waals surface area contributed by atoms with Gasteiger partial charge in [-0.2, -0.15) is 20.1 Å². The average molecular weight is 326 g/mol. The molecule has 0 spiro atoms. The summed E-state index contributed by atoms with van der Waals surface area (Å²) in [5, 5.41) is 3.85. The molecule has 2 heterocycles. The van der Waals surface area contributed by atoms with Crippen molar-refractivity contribution in [2.45, 2.75) is 0 Å². The second-order valence-corrected chi connectivity index (χ2v) is 4.56. The summed E-state index contributed by atoms with van der Waals surface area (Å²) in [6.07, 6.45) is 3.21. The Morgan fingerprint density at radius 1 is 1.14 bits per heavy atom. The van der Waals surface area contributed by atoms with Gasteiger partial charge in [0.1, 0.15) is 11.6 Å². The molecule has 0 amide bonds. The number of aromatic nitrogens is 5. The van der Waals surface area contributed by atoms with Crippen molar-refractivity contribution < 1.29 is 9.13 Å². The molecule has 21 heavy (non-hydrogen) atoms. The second kappa shape index (κ2) is 5.63.